The van der Waals surface area contributed by atoms with Gasteiger partial charge in [-0.25, -0.2) is 9.97 Å². The van der Waals surface area contributed by atoms with Gasteiger partial charge >= 0.3 is 0 Å². The lowest BCUT2D eigenvalue weighted by Gasteiger charge is -2.19. The Bertz CT molecular complexity index is 1060. The second-order valence-corrected chi connectivity index (χ2v) is 6.88. The number of methoxy groups -OCH3 is 2. The minimum Gasteiger partial charge on any atom is -0.491 e. The molecule has 4 heterocycles. The van der Waals surface area contributed by atoms with E-state index in [-0.39, 0.29) is 11.9 Å². The van der Waals surface area contributed by atoms with E-state index < -0.39 is 0 Å². The summed E-state index contributed by atoms with van der Waals surface area (Å²) in [5, 5.41) is 4.35. The molecule has 29 heavy (non-hydrogen) atoms. The smallest absolute Gasteiger partial charge is 0.260 e. The van der Waals surface area contributed by atoms with Gasteiger partial charge < -0.3 is 9.47 Å². The van der Waals surface area contributed by atoms with Crippen molar-refractivity contribution in [2.75, 3.05) is 19.1 Å². The Balaban J connectivity index is 1.69. The number of hydrogen-bond acceptors (Lipinski definition) is 6. The van der Waals surface area contributed by atoms with Crippen LogP contribution in [0.1, 0.15) is 42.4 Å². The van der Waals surface area contributed by atoms with Crippen LogP contribution in [0.25, 0.3) is 11.3 Å². The molecule has 0 fully saturated rings. The maximum atomic E-state index is 13.0. The molecule has 0 N–H and O–H groups in total. The second-order valence-electron chi connectivity index (χ2n) is 6.88. The molecule has 0 bridgehead atoms. The van der Waals surface area contributed by atoms with Gasteiger partial charge in [0.15, 0.2) is 5.75 Å². The summed E-state index contributed by atoms with van der Waals surface area (Å²) in [6, 6.07) is 5.29. The standard InChI is InChI=1S/C21H23N5O3/c1-5-8-25-12-15(11-23-25)26-13(2)19-16(21(26)27)6-7-17(24-19)14-9-18(28-3)20(29-4)22-10-14/h6-7,9-13H,5,8H2,1-4H3. The molecule has 1 unspecified atom stereocenters. The number of pyridine rings is 2. The van der Waals surface area contributed by atoms with Gasteiger partial charge in [-0.2, -0.15) is 5.10 Å². The molecule has 3 aromatic heterocycles. The quantitative estimate of drug-likeness (QED) is 0.638. The molecule has 0 saturated heterocycles. The normalized spacial score (nSPS) is 15.5. The van der Waals surface area contributed by atoms with Crippen LogP contribution < -0.4 is 14.4 Å². The van der Waals surface area contributed by atoms with Crippen LogP contribution >= 0.6 is 0 Å². The van der Waals surface area contributed by atoms with Crippen molar-refractivity contribution in [2.45, 2.75) is 32.9 Å². The first-order chi connectivity index (χ1) is 14.1. The van der Waals surface area contributed by atoms with Crippen molar-refractivity contribution >= 4 is 11.6 Å². The van der Waals surface area contributed by atoms with Crippen molar-refractivity contribution in [3.63, 3.8) is 0 Å². The lowest BCUT2D eigenvalue weighted by molar-refractivity contribution is 0.0992. The number of carbonyl (C=O) groups excluding carboxylic acids is 1. The summed E-state index contributed by atoms with van der Waals surface area (Å²) in [6.45, 7) is 4.89. The highest BCUT2D eigenvalue weighted by Crippen LogP contribution is 2.37. The molecular weight excluding hydrogens is 370 g/mol. The first-order valence-corrected chi connectivity index (χ1v) is 9.52. The fourth-order valence-electron chi connectivity index (χ4n) is 3.60. The van der Waals surface area contributed by atoms with Gasteiger partial charge in [-0.15, -0.1) is 0 Å². The van der Waals surface area contributed by atoms with E-state index >= 15 is 0 Å². The molecule has 0 aliphatic carbocycles. The number of fused-ring (bicyclic) bond motifs is 1. The second kappa shape index (κ2) is 7.54. The van der Waals surface area contributed by atoms with Crippen LogP contribution in [0.15, 0.2) is 36.8 Å². The van der Waals surface area contributed by atoms with E-state index in [1.54, 1.807) is 31.5 Å². The van der Waals surface area contributed by atoms with E-state index in [9.17, 15) is 4.79 Å². The van der Waals surface area contributed by atoms with Gasteiger partial charge in [0.2, 0.25) is 0 Å². The average molecular weight is 393 g/mol. The topological polar surface area (TPSA) is 82.4 Å². The fourth-order valence-corrected chi connectivity index (χ4v) is 3.60. The zero-order valence-corrected chi connectivity index (χ0v) is 16.9. The summed E-state index contributed by atoms with van der Waals surface area (Å²) < 4.78 is 12.4. The van der Waals surface area contributed by atoms with Crippen LogP contribution in [0, 0.1) is 0 Å². The van der Waals surface area contributed by atoms with Crippen LogP contribution in [0.3, 0.4) is 0 Å². The molecule has 0 radical (unpaired) electrons. The lowest BCUT2D eigenvalue weighted by atomic mass is 10.1. The van der Waals surface area contributed by atoms with Crippen LogP contribution in [-0.2, 0) is 6.54 Å². The SMILES string of the molecule is CCCn1cc(N2C(=O)c3ccc(-c4cnc(OC)c(OC)c4)nc3C2C)cn1. The van der Waals surface area contributed by atoms with Gasteiger partial charge in [0.25, 0.3) is 11.8 Å². The molecular formula is C21H23N5O3. The third-order valence-electron chi connectivity index (χ3n) is 5.03. The summed E-state index contributed by atoms with van der Waals surface area (Å²) in [4.78, 5) is 23.8. The first-order valence-electron chi connectivity index (χ1n) is 9.52. The van der Waals surface area contributed by atoms with E-state index in [1.807, 2.05) is 36.0 Å². The maximum absolute atomic E-state index is 13.0. The minimum absolute atomic E-state index is 0.0620. The van der Waals surface area contributed by atoms with Crippen molar-refractivity contribution in [1.82, 2.24) is 19.7 Å². The number of rotatable bonds is 6. The third-order valence-corrected chi connectivity index (χ3v) is 5.03. The van der Waals surface area contributed by atoms with Gasteiger partial charge in [-0.1, -0.05) is 6.92 Å². The van der Waals surface area contributed by atoms with Crippen LogP contribution in [0.4, 0.5) is 5.69 Å². The van der Waals surface area contributed by atoms with Crippen LogP contribution in [0.2, 0.25) is 0 Å². The molecule has 3 aromatic rings. The first kappa shape index (κ1) is 18.9. The molecule has 1 atom stereocenters. The average Bonchev–Trinajstić information content (AvgIpc) is 3.30. The Labute approximate surface area is 169 Å². The van der Waals surface area contributed by atoms with Crippen molar-refractivity contribution in [3.05, 3.63) is 48.0 Å². The van der Waals surface area contributed by atoms with Gasteiger partial charge in [0.05, 0.1) is 49.1 Å². The van der Waals surface area contributed by atoms with Gasteiger partial charge in [0, 0.05) is 24.5 Å². The Morgan fingerprint density at radius 1 is 1.17 bits per heavy atom. The Morgan fingerprint density at radius 2 is 2.00 bits per heavy atom. The van der Waals surface area contributed by atoms with Crippen LogP contribution in [0.5, 0.6) is 11.6 Å². The number of aromatic nitrogens is 4. The highest BCUT2D eigenvalue weighted by Gasteiger charge is 2.37. The van der Waals surface area contributed by atoms with Crippen LogP contribution in [-0.4, -0.2) is 39.9 Å². The number of carbonyl (C=O) groups is 1. The molecule has 1 amide bonds. The highest BCUT2D eigenvalue weighted by molar-refractivity contribution is 6.10. The maximum Gasteiger partial charge on any atom is 0.260 e. The molecule has 0 aromatic carbocycles. The summed E-state index contributed by atoms with van der Waals surface area (Å²) in [5.41, 5.74) is 3.64. The van der Waals surface area contributed by atoms with Gasteiger partial charge in [0.1, 0.15) is 0 Å². The molecule has 1 aliphatic heterocycles. The summed E-state index contributed by atoms with van der Waals surface area (Å²) in [5.74, 6) is 0.880. The summed E-state index contributed by atoms with van der Waals surface area (Å²) in [7, 11) is 3.11. The molecule has 0 saturated carbocycles. The molecule has 8 heteroatoms. The predicted molar refractivity (Wildman–Crippen MR) is 108 cm³/mol. The molecule has 0 spiro atoms. The number of nitrogens with zero attached hydrogens (tertiary/aromatic N) is 5. The molecule has 4 rings (SSSR count). The van der Waals surface area contributed by atoms with Crippen molar-refractivity contribution in [3.8, 4) is 22.9 Å². The zero-order valence-electron chi connectivity index (χ0n) is 16.9. The fraction of sp³-hybridized carbons (Fsp3) is 0.333. The molecule has 1 aliphatic rings. The number of ether oxygens (including phenoxy) is 2. The summed E-state index contributed by atoms with van der Waals surface area (Å²) >= 11 is 0. The Hall–Kier alpha value is -3.42. The zero-order chi connectivity index (χ0) is 20.5. The van der Waals surface area contributed by atoms with Crippen molar-refractivity contribution in [2.24, 2.45) is 0 Å². The van der Waals surface area contributed by atoms with Crippen molar-refractivity contribution < 1.29 is 14.3 Å². The minimum atomic E-state index is -0.190. The molecule has 150 valence electrons. The van der Waals surface area contributed by atoms with E-state index in [0.29, 0.717) is 17.2 Å². The number of amides is 1. The number of aryl methyl sites for hydroxylation is 1. The Kier molecular flexibility index (Phi) is 4.92. The summed E-state index contributed by atoms with van der Waals surface area (Å²) in [6.07, 6.45) is 6.30. The van der Waals surface area contributed by atoms with E-state index in [4.69, 9.17) is 14.5 Å². The highest BCUT2D eigenvalue weighted by atomic mass is 16.5. The van der Waals surface area contributed by atoms with E-state index in [2.05, 4.69) is 17.0 Å². The van der Waals surface area contributed by atoms with E-state index in [0.717, 1.165) is 35.6 Å². The third kappa shape index (κ3) is 3.20. The largest absolute Gasteiger partial charge is 0.491 e. The van der Waals surface area contributed by atoms with Crippen molar-refractivity contribution in [1.29, 1.82) is 0 Å². The molecule has 8 nitrogen and oxygen atoms in total. The van der Waals surface area contributed by atoms with Gasteiger partial charge in [-0.3, -0.25) is 14.4 Å². The number of hydrogen-bond donors (Lipinski definition) is 0. The predicted octanol–water partition coefficient (Wildman–Crippen LogP) is 3.49. The Morgan fingerprint density at radius 3 is 2.72 bits per heavy atom. The van der Waals surface area contributed by atoms with E-state index in [1.165, 1.54) is 0 Å². The monoisotopic (exact) mass is 393 g/mol. The van der Waals surface area contributed by atoms with Gasteiger partial charge in [-0.05, 0) is 31.5 Å². The number of anilines is 1. The lowest BCUT2D eigenvalue weighted by Crippen LogP contribution is -2.25.